The molecular weight excluding hydrogens is 408 g/mol. The van der Waals surface area contributed by atoms with E-state index in [-0.39, 0.29) is 24.3 Å². The van der Waals surface area contributed by atoms with E-state index >= 15 is 0 Å². The predicted molar refractivity (Wildman–Crippen MR) is 118 cm³/mol. The number of nitrogens with zero attached hydrogens (tertiary/aromatic N) is 2. The van der Waals surface area contributed by atoms with E-state index in [9.17, 15) is 19.2 Å². The summed E-state index contributed by atoms with van der Waals surface area (Å²) >= 11 is 0. The van der Waals surface area contributed by atoms with Gasteiger partial charge in [0.1, 0.15) is 18.1 Å². The van der Waals surface area contributed by atoms with Gasteiger partial charge in [-0.25, -0.2) is 4.79 Å². The summed E-state index contributed by atoms with van der Waals surface area (Å²) < 4.78 is 0. The van der Waals surface area contributed by atoms with Crippen molar-refractivity contribution < 1.29 is 19.2 Å². The van der Waals surface area contributed by atoms with Gasteiger partial charge in [-0.05, 0) is 37.2 Å². The molecule has 172 valence electrons. The highest BCUT2D eigenvalue weighted by Gasteiger charge is 2.55. The van der Waals surface area contributed by atoms with E-state index in [0.29, 0.717) is 25.9 Å². The number of carbonyl (C=O) groups is 4. The zero-order chi connectivity index (χ0) is 22.7. The number of imide groups is 1. The van der Waals surface area contributed by atoms with Crippen LogP contribution in [0.25, 0.3) is 0 Å². The lowest BCUT2D eigenvalue weighted by Crippen LogP contribution is -2.54. The molecule has 2 aliphatic heterocycles. The highest BCUT2D eigenvalue weighted by atomic mass is 16.2. The minimum atomic E-state index is -0.898. The molecule has 3 atom stereocenters. The zero-order valence-corrected chi connectivity index (χ0v) is 18.6. The summed E-state index contributed by atoms with van der Waals surface area (Å²) in [6.07, 6.45) is 5.66. The minimum absolute atomic E-state index is 0.0309. The topological polar surface area (TPSA) is 98.8 Å². The highest BCUT2D eigenvalue weighted by molar-refractivity contribution is 6.09. The quantitative estimate of drug-likeness (QED) is 0.660. The number of benzene rings is 1. The Morgan fingerprint density at radius 1 is 1.12 bits per heavy atom. The Morgan fingerprint density at radius 3 is 2.53 bits per heavy atom. The largest absolute Gasteiger partial charge is 0.342 e. The molecule has 0 bridgehead atoms. The van der Waals surface area contributed by atoms with Crippen LogP contribution in [-0.2, 0) is 20.8 Å². The number of carbonyl (C=O) groups excluding carboxylic acids is 4. The zero-order valence-electron chi connectivity index (χ0n) is 18.6. The molecule has 8 nitrogen and oxygen atoms in total. The van der Waals surface area contributed by atoms with Gasteiger partial charge in [-0.3, -0.25) is 19.3 Å². The Labute approximate surface area is 188 Å². The summed E-state index contributed by atoms with van der Waals surface area (Å²) in [5.41, 5.74) is 0.0417. The lowest BCUT2D eigenvalue weighted by molar-refractivity contribution is -0.138. The predicted octanol–water partition coefficient (Wildman–Crippen LogP) is 1.84. The number of likely N-dealkylation sites (tertiary alicyclic amines) is 1. The average molecular weight is 441 g/mol. The van der Waals surface area contributed by atoms with Crippen LogP contribution in [0.3, 0.4) is 0 Å². The summed E-state index contributed by atoms with van der Waals surface area (Å²) in [7, 11) is 0. The molecule has 2 heterocycles. The first kappa shape index (κ1) is 22.3. The Balaban J connectivity index is 1.45. The van der Waals surface area contributed by atoms with Gasteiger partial charge in [0, 0.05) is 19.5 Å². The van der Waals surface area contributed by atoms with Crippen LogP contribution in [0.2, 0.25) is 0 Å². The molecule has 3 aliphatic rings. The van der Waals surface area contributed by atoms with Crippen LogP contribution in [0.1, 0.15) is 51.0 Å². The van der Waals surface area contributed by atoms with Crippen LogP contribution in [0.4, 0.5) is 4.79 Å². The van der Waals surface area contributed by atoms with Gasteiger partial charge in [0.05, 0.1) is 0 Å². The van der Waals surface area contributed by atoms with E-state index in [0.717, 1.165) is 42.6 Å². The standard InChI is InChI=1S/C24H32N4O4/c1-17-9-5-6-12-24(17)22(31)28(23(32)26-24)16-20(29)25-19(15-18-10-3-2-4-11-18)21(30)27-13-7-8-14-27/h2-4,10-11,17,19H,5-9,12-16H2,1H3,(H,25,29)(H,26,32). The first-order valence-corrected chi connectivity index (χ1v) is 11.7. The second-order valence-corrected chi connectivity index (χ2v) is 9.28. The van der Waals surface area contributed by atoms with Crippen molar-refractivity contribution in [2.75, 3.05) is 19.6 Å². The SMILES string of the molecule is CC1CCCCC12NC(=O)N(CC(=O)NC(Cc1ccccc1)C(=O)N1CCCC1)C2=O. The fourth-order valence-corrected chi connectivity index (χ4v) is 5.23. The fourth-order valence-electron chi connectivity index (χ4n) is 5.23. The monoisotopic (exact) mass is 440 g/mol. The third kappa shape index (κ3) is 4.36. The van der Waals surface area contributed by atoms with Crippen molar-refractivity contribution in [2.24, 2.45) is 5.92 Å². The van der Waals surface area contributed by atoms with Gasteiger partial charge in [-0.2, -0.15) is 0 Å². The van der Waals surface area contributed by atoms with Gasteiger partial charge >= 0.3 is 6.03 Å². The molecule has 3 fully saturated rings. The van der Waals surface area contributed by atoms with E-state index in [2.05, 4.69) is 10.6 Å². The second-order valence-electron chi connectivity index (χ2n) is 9.28. The number of urea groups is 1. The number of rotatable bonds is 6. The third-order valence-corrected chi connectivity index (χ3v) is 7.14. The van der Waals surface area contributed by atoms with Crippen LogP contribution in [-0.4, -0.2) is 64.8 Å². The van der Waals surface area contributed by atoms with Crippen LogP contribution in [0.15, 0.2) is 30.3 Å². The van der Waals surface area contributed by atoms with Gasteiger partial charge in [-0.1, -0.05) is 50.1 Å². The van der Waals surface area contributed by atoms with Crippen molar-refractivity contribution >= 4 is 23.8 Å². The van der Waals surface area contributed by atoms with E-state index in [1.807, 2.05) is 37.3 Å². The summed E-state index contributed by atoms with van der Waals surface area (Å²) in [5.74, 6) is -0.907. The van der Waals surface area contributed by atoms with Crippen molar-refractivity contribution in [3.05, 3.63) is 35.9 Å². The molecule has 8 heteroatoms. The molecule has 1 spiro atoms. The van der Waals surface area contributed by atoms with Gasteiger partial charge in [0.25, 0.3) is 5.91 Å². The maximum atomic E-state index is 13.1. The number of hydrogen-bond acceptors (Lipinski definition) is 4. The molecule has 2 saturated heterocycles. The molecule has 0 aromatic heterocycles. The van der Waals surface area contributed by atoms with E-state index in [1.54, 1.807) is 4.90 Å². The van der Waals surface area contributed by atoms with Gasteiger partial charge in [-0.15, -0.1) is 0 Å². The first-order valence-electron chi connectivity index (χ1n) is 11.7. The average Bonchev–Trinajstić information content (AvgIpc) is 3.40. The summed E-state index contributed by atoms with van der Waals surface area (Å²) in [6.45, 7) is 2.98. The highest BCUT2D eigenvalue weighted by Crippen LogP contribution is 2.38. The Morgan fingerprint density at radius 2 is 1.84 bits per heavy atom. The molecule has 32 heavy (non-hydrogen) atoms. The van der Waals surface area contributed by atoms with Gasteiger partial charge in [0.15, 0.2) is 0 Å². The smallest absolute Gasteiger partial charge is 0.325 e. The second kappa shape index (κ2) is 9.30. The molecule has 1 saturated carbocycles. The first-order chi connectivity index (χ1) is 15.4. The lowest BCUT2D eigenvalue weighted by Gasteiger charge is -2.36. The van der Waals surface area contributed by atoms with Gasteiger partial charge < -0.3 is 15.5 Å². The van der Waals surface area contributed by atoms with E-state index in [1.165, 1.54) is 0 Å². The number of amides is 5. The number of hydrogen-bond donors (Lipinski definition) is 2. The van der Waals surface area contributed by atoms with Gasteiger partial charge in [0.2, 0.25) is 11.8 Å². The molecular formula is C24H32N4O4. The van der Waals surface area contributed by atoms with Crippen LogP contribution in [0, 0.1) is 5.92 Å². The molecule has 0 radical (unpaired) electrons. The molecule has 5 amide bonds. The summed E-state index contributed by atoms with van der Waals surface area (Å²) in [6, 6.07) is 8.28. The van der Waals surface area contributed by atoms with Crippen molar-refractivity contribution in [1.29, 1.82) is 0 Å². The van der Waals surface area contributed by atoms with Crippen LogP contribution < -0.4 is 10.6 Å². The summed E-state index contributed by atoms with van der Waals surface area (Å²) in [5, 5.41) is 5.68. The maximum Gasteiger partial charge on any atom is 0.325 e. The summed E-state index contributed by atoms with van der Waals surface area (Å²) in [4.78, 5) is 54.5. The normalized spacial score (nSPS) is 26.3. The van der Waals surface area contributed by atoms with E-state index < -0.39 is 23.5 Å². The maximum absolute atomic E-state index is 13.1. The molecule has 1 aliphatic carbocycles. The molecule has 1 aromatic rings. The number of nitrogens with one attached hydrogen (secondary N) is 2. The van der Waals surface area contributed by atoms with Crippen LogP contribution in [0.5, 0.6) is 0 Å². The van der Waals surface area contributed by atoms with Crippen molar-refractivity contribution in [2.45, 2.75) is 63.5 Å². The fraction of sp³-hybridized carbons (Fsp3) is 0.583. The molecule has 3 unspecified atom stereocenters. The Hall–Kier alpha value is -2.90. The third-order valence-electron chi connectivity index (χ3n) is 7.14. The van der Waals surface area contributed by atoms with Crippen molar-refractivity contribution in [1.82, 2.24) is 20.4 Å². The Kier molecular flexibility index (Phi) is 6.48. The minimum Gasteiger partial charge on any atom is -0.342 e. The Bertz CT molecular complexity index is 883. The van der Waals surface area contributed by atoms with Crippen molar-refractivity contribution in [3.63, 3.8) is 0 Å². The van der Waals surface area contributed by atoms with Crippen LogP contribution >= 0.6 is 0 Å². The van der Waals surface area contributed by atoms with E-state index in [4.69, 9.17) is 0 Å². The molecule has 4 rings (SSSR count). The molecule has 1 aromatic carbocycles. The van der Waals surface area contributed by atoms with Crippen molar-refractivity contribution in [3.8, 4) is 0 Å². The molecule has 2 N–H and O–H groups in total. The lowest BCUT2D eigenvalue weighted by atomic mass is 9.73.